The molecule has 2 rings (SSSR count). The van der Waals surface area contributed by atoms with Crippen LogP contribution in [0.5, 0.6) is 0 Å². The number of thiophene rings is 1. The van der Waals surface area contributed by atoms with E-state index in [0.717, 1.165) is 13.1 Å². The highest BCUT2D eigenvalue weighted by atomic mass is 32.1. The summed E-state index contributed by atoms with van der Waals surface area (Å²) in [4.78, 5) is 2.65. The minimum Gasteiger partial charge on any atom is -0.375 e. The molecular weight excluding hydrogens is 261 g/mol. The lowest BCUT2D eigenvalue weighted by molar-refractivity contribution is 0.120. The molecule has 0 saturated heterocycles. The first-order chi connectivity index (χ1) is 9.25. The van der Waals surface area contributed by atoms with E-state index in [9.17, 15) is 4.39 Å². The molecule has 4 heteroatoms. The standard InChI is InChI=1S/C15H18FNOS/c1-12-6-7-14(19-12)10-17-8-9-18-11-13-4-2-3-5-15(13)16/h2-7,17H,8-11H2,1H3. The van der Waals surface area contributed by atoms with Crippen molar-refractivity contribution in [1.29, 1.82) is 0 Å². The molecule has 0 atom stereocenters. The summed E-state index contributed by atoms with van der Waals surface area (Å²) in [7, 11) is 0. The lowest BCUT2D eigenvalue weighted by Gasteiger charge is -2.06. The Morgan fingerprint density at radius 3 is 2.79 bits per heavy atom. The average molecular weight is 279 g/mol. The molecule has 0 bridgehead atoms. The average Bonchev–Trinajstić information content (AvgIpc) is 2.81. The Hall–Kier alpha value is -1.23. The van der Waals surface area contributed by atoms with Crippen LogP contribution in [-0.4, -0.2) is 13.2 Å². The maximum Gasteiger partial charge on any atom is 0.128 e. The van der Waals surface area contributed by atoms with Gasteiger partial charge in [-0.15, -0.1) is 11.3 Å². The minimum atomic E-state index is -0.204. The van der Waals surface area contributed by atoms with Crippen LogP contribution < -0.4 is 5.32 Å². The van der Waals surface area contributed by atoms with Crippen molar-refractivity contribution in [1.82, 2.24) is 5.32 Å². The first kappa shape index (κ1) is 14.2. The maximum atomic E-state index is 13.3. The Kier molecular flexibility index (Phi) is 5.51. The number of benzene rings is 1. The molecular formula is C15H18FNOS. The van der Waals surface area contributed by atoms with Crippen molar-refractivity contribution in [2.75, 3.05) is 13.2 Å². The van der Waals surface area contributed by atoms with Crippen LogP contribution in [0.2, 0.25) is 0 Å². The third-order valence-electron chi connectivity index (χ3n) is 2.73. The Morgan fingerprint density at radius 1 is 1.21 bits per heavy atom. The third kappa shape index (κ3) is 4.74. The van der Waals surface area contributed by atoms with Gasteiger partial charge < -0.3 is 10.1 Å². The first-order valence-corrected chi connectivity index (χ1v) is 7.14. The molecule has 0 amide bonds. The Labute approximate surface area is 117 Å². The summed E-state index contributed by atoms with van der Waals surface area (Å²) in [5.74, 6) is -0.204. The molecule has 19 heavy (non-hydrogen) atoms. The maximum absolute atomic E-state index is 13.3. The van der Waals surface area contributed by atoms with Gasteiger partial charge in [0.25, 0.3) is 0 Å². The molecule has 2 nitrogen and oxygen atoms in total. The van der Waals surface area contributed by atoms with E-state index in [4.69, 9.17) is 4.74 Å². The zero-order chi connectivity index (χ0) is 13.5. The topological polar surface area (TPSA) is 21.3 Å². The van der Waals surface area contributed by atoms with Crippen LogP contribution >= 0.6 is 11.3 Å². The molecule has 0 aliphatic heterocycles. The summed E-state index contributed by atoms with van der Waals surface area (Å²) in [6.07, 6.45) is 0. The van der Waals surface area contributed by atoms with Gasteiger partial charge in [0.15, 0.2) is 0 Å². The fourth-order valence-electron chi connectivity index (χ4n) is 1.73. The molecule has 0 saturated carbocycles. The van der Waals surface area contributed by atoms with E-state index in [-0.39, 0.29) is 5.82 Å². The van der Waals surface area contributed by atoms with E-state index in [1.165, 1.54) is 15.8 Å². The quantitative estimate of drug-likeness (QED) is 0.783. The van der Waals surface area contributed by atoms with E-state index in [0.29, 0.717) is 18.8 Å². The zero-order valence-electron chi connectivity index (χ0n) is 11.0. The summed E-state index contributed by atoms with van der Waals surface area (Å²) in [6, 6.07) is 11.0. The molecule has 0 spiro atoms. The summed E-state index contributed by atoms with van der Waals surface area (Å²) >= 11 is 1.80. The Bertz CT molecular complexity index is 512. The Morgan fingerprint density at radius 2 is 2.05 bits per heavy atom. The predicted octanol–water partition coefficient (Wildman–Crippen LogP) is 3.50. The van der Waals surface area contributed by atoms with Gasteiger partial charge in [-0.25, -0.2) is 4.39 Å². The van der Waals surface area contributed by atoms with E-state index in [2.05, 4.69) is 24.4 Å². The lowest BCUT2D eigenvalue weighted by atomic mass is 10.2. The zero-order valence-corrected chi connectivity index (χ0v) is 11.8. The van der Waals surface area contributed by atoms with Crippen LogP contribution in [0.1, 0.15) is 15.3 Å². The van der Waals surface area contributed by atoms with Gasteiger partial charge in [-0.3, -0.25) is 0 Å². The number of rotatable bonds is 7. The van der Waals surface area contributed by atoms with Gasteiger partial charge in [0, 0.05) is 28.4 Å². The third-order valence-corrected chi connectivity index (χ3v) is 3.73. The molecule has 2 aromatic rings. The lowest BCUT2D eigenvalue weighted by Crippen LogP contribution is -2.18. The van der Waals surface area contributed by atoms with Crippen molar-refractivity contribution in [3.05, 3.63) is 57.5 Å². The van der Waals surface area contributed by atoms with Gasteiger partial charge in [0.2, 0.25) is 0 Å². The van der Waals surface area contributed by atoms with Gasteiger partial charge in [-0.2, -0.15) is 0 Å². The molecule has 0 unspecified atom stereocenters. The molecule has 1 heterocycles. The van der Waals surface area contributed by atoms with Crippen molar-refractivity contribution in [3.8, 4) is 0 Å². The van der Waals surface area contributed by atoms with E-state index in [1.807, 2.05) is 6.07 Å². The largest absolute Gasteiger partial charge is 0.375 e. The molecule has 1 N–H and O–H groups in total. The fourth-order valence-corrected chi connectivity index (χ4v) is 2.59. The van der Waals surface area contributed by atoms with Crippen LogP contribution in [0.15, 0.2) is 36.4 Å². The molecule has 0 radical (unpaired) electrons. The number of nitrogens with one attached hydrogen (secondary N) is 1. The van der Waals surface area contributed by atoms with Gasteiger partial charge in [0.05, 0.1) is 13.2 Å². The second-order valence-corrected chi connectivity index (χ2v) is 5.71. The monoisotopic (exact) mass is 279 g/mol. The number of aryl methyl sites for hydroxylation is 1. The van der Waals surface area contributed by atoms with E-state index < -0.39 is 0 Å². The second-order valence-electron chi connectivity index (χ2n) is 4.33. The molecule has 0 aliphatic carbocycles. The number of ether oxygens (including phenoxy) is 1. The molecule has 102 valence electrons. The van der Waals surface area contributed by atoms with Gasteiger partial charge in [0.1, 0.15) is 5.82 Å². The highest BCUT2D eigenvalue weighted by molar-refractivity contribution is 7.11. The van der Waals surface area contributed by atoms with Crippen LogP contribution in [0, 0.1) is 12.7 Å². The van der Waals surface area contributed by atoms with Crippen LogP contribution in [0.3, 0.4) is 0 Å². The summed E-state index contributed by atoms with van der Waals surface area (Å²) in [5.41, 5.74) is 0.608. The first-order valence-electron chi connectivity index (χ1n) is 6.33. The highest BCUT2D eigenvalue weighted by Crippen LogP contribution is 2.14. The molecule has 0 fully saturated rings. The minimum absolute atomic E-state index is 0.204. The van der Waals surface area contributed by atoms with Gasteiger partial charge in [-0.1, -0.05) is 18.2 Å². The van der Waals surface area contributed by atoms with Crippen LogP contribution in [0.25, 0.3) is 0 Å². The number of hydrogen-bond acceptors (Lipinski definition) is 3. The molecule has 0 aliphatic rings. The normalized spacial score (nSPS) is 10.8. The predicted molar refractivity (Wildman–Crippen MR) is 76.8 cm³/mol. The highest BCUT2D eigenvalue weighted by Gasteiger charge is 2.00. The second kappa shape index (κ2) is 7.38. The van der Waals surface area contributed by atoms with Crippen molar-refractivity contribution >= 4 is 11.3 Å². The summed E-state index contributed by atoms with van der Waals surface area (Å²) in [5, 5.41) is 3.31. The SMILES string of the molecule is Cc1ccc(CNCCOCc2ccccc2F)s1. The summed E-state index contributed by atoms with van der Waals surface area (Å²) < 4.78 is 18.7. The van der Waals surface area contributed by atoms with Crippen LogP contribution in [-0.2, 0) is 17.9 Å². The number of hydrogen-bond donors (Lipinski definition) is 1. The number of halogens is 1. The Balaban J connectivity index is 1.59. The van der Waals surface area contributed by atoms with Gasteiger partial charge >= 0.3 is 0 Å². The van der Waals surface area contributed by atoms with Crippen molar-refractivity contribution < 1.29 is 9.13 Å². The van der Waals surface area contributed by atoms with E-state index in [1.54, 1.807) is 23.5 Å². The molecule has 1 aromatic heterocycles. The summed E-state index contributed by atoms with van der Waals surface area (Å²) in [6.45, 7) is 4.64. The van der Waals surface area contributed by atoms with Crippen molar-refractivity contribution in [2.45, 2.75) is 20.1 Å². The van der Waals surface area contributed by atoms with Crippen molar-refractivity contribution in [3.63, 3.8) is 0 Å². The van der Waals surface area contributed by atoms with E-state index >= 15 is 0 Å². The molecule has 1 aromatic carbocycles. The van der Waals surface area contributed by atoms with Gasteiger partial charge in [-0.05, 0) is 25.1 Å². The van der Waals surface area contributed by atoms with Crippen molar-refractivity contribution in [2.24, 2.45) is 0 Å². The smallest absolute Gasteiger partial charge is 0.128 e. The fraction of sp³-hybridized carbons (Fsp3) is 0.333. The van der Waals surface area contributed by atoms with Crippen LogP contribution in [0.4, 0.5) is 4.39 Å².